The second-order valence-corrected chi connectivity index (χ2v) is 7.82. The van der Waals surface area contributed by atoms with Crippen LogP contribution in [-0.4, -0.2) is 54.9 Å². The molecule has 0 aromatic rings. The Labute approximate surface area is 123 Å². The molecule has 3 aliphatic rings. The van der Waals surface area contributed by atoms with Gasteiger partial charge in [0.1, 0.15) is 0 Å². The molecule has 0 spiro atoms. The van der Waals surface area contributed by atoms with E-state index in [0.29, 0.717) is 5.25 Å². The lowest BCUT2D eigenvalue weighted by atomic mass is 10.2. The molecule has 0 aromatic carbocycles. The van der Waals surface area contributed by atoms with Crippen LogP contribution in [0.2, 0.25) is 0 Å². The highest BCUT2D eigenvalue weighted by Gasteiger charge is 2.41. The number of hydrogen-bond donors (Lipinski definition) is 2. The zero-order chi connectivity index (χ0) is 13.5. The Morgan fingerprint density at radius 2 is 1.50 bits per heavy atom. The number of fused-ring (bicyclic) bond motifs is 1. The lowest BCUT2D eigenvalue weighted by molar-refractivity contribution is 0.305. The minimum absolute atomic E-state index is 0.625. The third-order valence-electron chi connectivity index (χ3n) is 3.77. The molecule has 2 unspecified atom stereocenters. The molecule has 0 radical (unpaired) electrons. The Morgan fingerprint density at radius 3 is 1.67 bits per heavy atom. The number of thioether (sulfide) groups is 1. The SMILES string of the molecule is C1CC2SC2C1.CN(C)[C@@H]1CCC[C@H]1S.CNC. The molecule has 108 valence electrons. The fourth-order valence-corrected chi connectivity index (χ4v) is 4.56. The monoisotopic (exact) mass is 290 g/mol. The summed E-state index contributed by atoms with van der Waals surface area (Å²) in [7, 11) is 8.03. The summed E-state index contributed by atoms with van der Waals surface area (Å²) in [6, 6.07) is 0.730. The standard InChI is InChI=1S/C7H15NS.C5H8S.C2H7N/c1-8(2)6-4-3-5-7(6)9;1-2-4-5(3-1)6-4;1-3-2/h6-7,9H,3-5H2,1-2H3;4-5H,1-3H2;3H,1-2H3/t6-,7-;;/m1../s1. The molecule has 0 aromatic heterocycles. The summed E-state index contributed by atoms with van der Waals surface area (Å²) in [6.07, 6.45) is 8.55. The first-order chi connectivity index (χ1) is 8.60. The number of nitrogens with zero attached hydrogens (tertiary/aromatic N) is 1. The van der Waals surface area contributed by atoms with Crippen molar-refractivity contribution >= 4 is 24.4 Å². The van der Waals surface area contributed by atoms with Crippen LogP contribution in [0.4, 0.5) is 0 Å². The van der Waals surface area contributed by atoms with Crippen molar-refractivity contribution in [3.8, 4) is 0 Å². The highest BCUT2D eigenvalue weighted by molar-refractivity contribution is 8.07. The molecule has 4 atom stereocenters. The zero-order valence-electron chi connectivity index (χ0n) is 12.4. The van der Waals surface area contributed by atoms with E-state index in [-0.39, 0.29) is 0 Å². The molecule has 2 aliphatic carbocycles. The van der Waals surface area contributed by atoms with E-state index in [1.54, 1.807) is 0 Å². The Kier molecular flexibility index (Phi) is 8.08. The van der Waals surface area contributed by atoms with Crippen LogP contribution in [0, 0.1) is 0 Å². The van der Waals surface area contributed by atoms with Crippen molar-refractivity contribution in [3.63, 3.8) is 0 Å². The average molecular weight is 291 g/mol. The minimum atomic E-state index is 0.625. The predicted octanol–water partition coefficient (Wildman–Crippen LogP) is 2.89. The van der Waals surface area contributed by atoms with E-state index < -0.39 is 0 Å². The Balaban J connectivity index is 0.000000154. The van der Waals surface area contributed by atoms with Crippen molar-refractivity contribution in [1.82, 2.24) is 10.2 Å². The minimum Gasteiger partial charge on any atom is -0.323 e. The van der Waals surface area contributed by atoms with Gasteiger partial charge in [-0.15, -0.1) is 0 Å². The van der Waals surface area contributed by atoms with Crippen LogP contribution in [0.3, 0.4) is 0 Å². The number of rotatable bonds is 1. The van der Waals surface area contributed by atoms with Gasteiger partial charge in [-0.3, -0.25) is 0 Å². The fraction of sp³-hybridized carbons (Fsp3) is 1.00. The topological polar surface area (TPSA) is 15.3 Å². The molecule has 1 N–H and O–H groups in total. The van der Waals surface area contributed by atoms with E-state index in [0.717, 1.165) is 16.5 Å². The third kappa shape index (κ3) is 5.72. The van der Waals surface area contributed by atoms with E-state index >= 15 is 0 Å². The van der Waals surface area contributed by atoms with Crippen LogP contribution in [0.25, 0.3) is 0 Å². The van der Waals surface area contributed by atoms with Gasteiger partial charge in [0, 0.05) is 21.8 Å². The van der Waals surface area contributed by atoms with Gasteiger partial charge in [-0.2, -0.15) is 24.4 Å². The summed E-state index contributed by atoms with van der Waals surface area (Å²) < 4.78 is 0. The lowest BCUT2D eigenvalue weighted by Crippen LogP contribution is -2.31. The molecule has 2 saturated carbocycles. The molecule has 3 fully saturated rings. The van der Waals surface area contributed by atoms with Crippen molar-refractivity contribution in [2.45, 2.75) is 60.3 Å². The largest absolute Gasteiger partial charge is 0.323 e. The number of hydrogen-bond acceptors (Lipinski definition) is 4. The Bertz CT molecular complexity index is 216. The van der Waals surface area contributed by atoms with Gasteiger partial charge >= 0.3 is 0 Å². The van der Waals surface area contributed by atoms with Crippen LogP contribution in [-0.2, 0) is 0 Å². The highest BCUT2D eigenvalue weighted by atomic mass is 32.2. The summed E-state index contributed by atoms with van der Waals surface area (Å²) in [4.78, 5) is 2.28. The normalized spacial score (nSPS) is 36.3. The fourth-order valence-electron chi connectivity index (χ4n) is 2.73. The molecular weight excluding hydrogens is 260 g/mol. The highest BCUT2D eigenvalue weighted by Crippen LogP contribution is 2.52. The smallest absolute Gasteiger partial charge is 0.0206 e. The average Bonchev–Trinajstić information content (AvgIpc) is 2.75. The molecular formula is C14H30N2S2. The van der Waals surface area contributed by atoms with Crippen molar-refractivity contribution in [2.75, 3.05) is 28.2 Å². The molecule has 3 rings (SSSR count). The maximum absolute atomic E-state index is 4.49. The molecule has 0 bridgehead atoms. The van der Waals surface area contributed by atoms with Crippen molar-refractivity contribution < 1.29 is 0 Å². The Hall–Kier alpha value is 0.620. The number of nitrogens with one attached hydrogen (secondary N) is 1. The predicted molar refractivity (Wildman–Crippen MR) is 88.1 cm³/mol. The maximum atomic E-state index is 4.49. The van der Waals surface area contributed by atoms with E-state index in [4.69, 9.17) is 0 Å². The van der Waals surface area contributed by atoms with Crippen LogP contribution >= 0.6 is 24.4 Å². The molecule has 1 aliphatic heterocycles. The lowest BCUT2D eigenvalue weighted by Gasteiger charge is -2.22. The van der Waals surface area contributed by atoms with Gasteiger partial charge in [0.25, 0.3) is 0 Å². The summed E-state index contributed by atoms with van der Waals surface area (Å²) in [5.74, 6) is 0. The van der Waals surface area contributed by atoms with Gasteiger partial charge in [0.05, 0.1) is 0 Å². The first-order valence-electron chi connectivity index (χ1n) is 7.18. The quantitative estimate of drug-likeness (QED) is 0.571. The van der Waals surface area contributed by atoms with Crippen LogP contribution in [0.15, 0.2) is 0 Å². The van der Waals surface area contributed by atoms with Crippen molar-refractivity contribution in [1.29, 1.82) is 0 Å². The third-order valence-corrected chi connectivity index (χ3v) is 5.89. The molecule has 1 saturated heterocycles. The second kappa shape index (κ2) is 8.72. The summed E-state index contributed by atoms with van der Waals surface area (Å²) >= 11 is 6.66. The summed E-state index contributed by atoms with van der Waals surface area (Å²) in [6.45, 7) is 0. The molecule has 2 nitrogen and oxygen atoms in total. The van der Waals surface area contributed by atoms with E-state index in [9.17, 15) is 0 Å². The zero-order valence-corrected chi connectivity index (χ0v) is 14.1. The first kappa shape index (κ1) is 16.7. The van der Waals surface area contributed by atoms with Gasteiger partial charge in [-0.25, -0.2) is 0 Å². The Morgan fingerprint density at radius 1 is 1.00 bits per heavy atom. The van der Waals surface area contributed by atoms with Crippen LogP contribution in [0.5, 0.6) is 0 Å². The molecule has 18 heavy (non-hydrogen) atoms. The molecule has 4 heteroatoms. The van der Waals surface area contributed by atoms with Gasteiger partial charge in [-0.1, -0.05) is 12.8 Å². The molecule has 1 heterocycles. The molecule has 0 amide bonds. The van der Waals surface area contributed by atoms with Crippen LogP contribution in [0.1, 0.15) is 38.5 Å². The van der Waals surface area contributed by atoms with E-state index in [1.165, 1.54) is 38.5 Å². The van der Waals surface area contributed by atoms with Gasteiger partial charge < -0.3 is 10.2 Å². The summed E-state index contributed by atoms with van der Waals surface area (Å²) in [5, 5.41) is 5.63. The van der Waals surface area contributed by atoms with E-state index in [1.807, 2.05) is 14.1 Å². The number of thiol groups is 1. The van der Waals surface area contributed by atoms with Crippen molar-refractivity contribution in [2.24, 2.45) is 0 Å². The first-order valence-corrected chi connectivity index (χ1v) is 8.64. The van der Waals surface area contributed by atoms with E-state index in [2.05, 4.69) is 48.7 Å². The van der Waals surface area contributed by atoms with Gasteiger partial charge in [0.2, 0.25) is 0 Å². The maximum Gasteiger partial charge on any atom is 0.0206 e. The van der Waals surface area contributed by atoms with Gasteiger partial charge in [0.15, 0.2) is 0 Å². The summed E-state index contributed by atoms with van der Waals surface area (Å²) in [5.41, 5.74) is 0. The second-order valence-electron chi connectivity index (χ2n) is 5.67. The van der Waals surface area contributed by atoms with Crippen molar-refractivity contribution in [3.05, 3.63) is 0 Å². The van der Waals surface area contributed by atoms with Gasteiger partial charge in [-0.05, 0) is 53.9 Å². The van der Waals surface area contributed by atoms with Crippen LogP contribution < -0.4 is 5.32 Å².